The third-order valence-corrected chi connectivity index (χ3v) is 3.82. The molecule has 0 N–H and O–H groups in total. The van der Waals surface area contributed by atoms with E-state index in [1.807, 2.05) is 60.7 Å². The first-order valence-electron chi connectivity index (χ1n) is 7.25. The van der Waals surface area contributed by atoms with Gasteiger partial charge >= 0.3 is 0 Å². The van der Waals surface area contributed by atoms with Crippen molar-refractivity contribution in [3.05, 3.63) is 77.0 Å². The maximum absolute atomic E-state index is 12.6. The molecule has 0 spiro atoms. The molecule has 106 valence electrons. The van der Waals surface area contributed by atoms with Gasteiger partial charge < -0.3 is 10.3 Å². The van der Waals surface area contributed by atoms with E-state index in [2.05, 4.69) is 13.8 Å². The molecule has 0 saturated heterocycles. The molecule has 2 aromatic rings. The summed E-state index contributed by atoms with van der Waals surface area (Å²) in [6, 6.07) is 19.9. The number of rotatable bonds is 6. The molecule has 0 radical (unpaired) electrons. The second kappa shape index (κ2) is 7.22. The van der Waals surface area contributed by atoms with Crippen molar-refractivity contribution in [1.82, 2.24) is 5.06 Å². The average molecular weight is 268 g/mol. The monoisotopic (exact) mass is 268 g/mol. The lowest BCUT2D eigenvalue weighted by molar-refractivity contribution is 0.201. The Morgan fingerprint density at radius 1 is 0.950 bits per heavy atom. The largest absolute Gasteiger partial charge is 0.784 e. The molecule has 0 aliphatic heterocycles. The molecule has 2 rings (SSSR count). The highest BCUT2D eigenvalue weighted by atomic mass is 16.5. The van der Waals surface area contributed by atoms with Gasteiger partial charge in [-0.15, -0.1) is 0 Å². The van der Waals surface area contributed by atoms with E-state index in [1.54, 1.807) is 0 Å². The molecule has 0 saturated carbocycles. The lowest BCUT2D eigenvalue weighted by Crippen LogP contribution is -2.27. The maximum Gasteiger partial charge on any atom is 0.0259 e. The molecule has 2 nitrogen and oxygen atoms in total. The van der Waals surface area contributed by atoms with Crippen LogP contribution in [0.25, 0.3) is 0 Å². The van der Waals surface area contributed by atoms with Crippen LogP contribution in [0.1, 0.15) is 37.4 Å². The minimum atomic E-state index is -0.0820. The summed E-state index contributed by atoms with van der Waals surface area (Å²) in [7, 11) is 0. The van der Waals surface area contributed by atoms with Gasteiger partial charge in [0.25, 0.3) is 0 Å². The van der Waals surface area contributed by atoms with E-state index in [9.17, 15) is 5.21 Å². The summed E-state index contributed by atoms with van der Waals surface area (Å²) in [5.41, 5.74) is 2.17. The fraction of sp³-hybridized carbons (Fsp3) is 0.333. The van der Waals surface area contributed by atoms with Gasteiger partial charge in [0, 0.05) is 12.6 Å². The minimum Gasteiger partial charge on any atom is -0.784 e. The van der Waals surface area contributed by atoms with E-state index >= 15 is 0 Å². The fourth-order valence-corrected chi connectivity index (χ4v) is 2.51. The molecule has 0 amide bonds. The van der Waals surface area contributed by atoms with Crippen LogP contribution in [0.2, 0.25) is 0 Å². The third kappa shape index (κ3) is 3.69. The molecule has 2 atom stereocenters. The fourth-order valence-electron chi connectivity index (χ4n) is 2.51. The van der Waals surface area contributed by atoms with Gasteiger partial charge in [-0.1, -0.05) is 80.9 Å². The normalized spacial score (nSPS) is 14.2. The summed E-state index contributed by atoms with van der Waals surface area (Å²) in [5.74, 6) is 0.332. The molecule has 0 fully saturated rings. The molecule has 0 aromatic heterocycles. The molecule has 0 aliphatic carbocycles. The molecule has 2 heteroatoms. The van der Waals surface area contributed by atoms with Gasteiger partial charge in [-0.2, -0.15) is 0 Å². The van der Waals surface area contributed by atoms with Crippen molar-refractivity contribution in [2.24, 2.45) is 5.92 Å². The predicted octanol–water partition coefficient (Wildman–Crippen LogP) is 4.77. The third-order valence-electron chi connectivity index (χ3n) is 3.82. The van der Waals surface area contributed by atoms with Crippen molar-refractivity contribution in [2.45, 2.75) is 32.9 Å². The van der Waals surface area contributed by atoms with Crippen LogP contribution < -0.4 is 0 Å². The molecular weight excluding hydrogens is 246 g/mol. The van der Waals surface area contributed by atoms with E-state index in [0.717, 1.165) is 17.5 Å². The zero-order chi connectivity index (χ0) is 14.4. The molecule has 2 unspecified atom stereocenters. The number of benzene rings is 2. The first-order chi connectivity index (χ1) is 9.72. The number of hydroxylamine groups is 2. The number of nitrogens with zero attached hydrogens (tertiary/aromatic N) is 1. The lowest BCUT2D eigenvalue weighted by atomic mass is 9.92. The van der Waals surface area contributed by atoms with E-state index < -0.39 is 0 Å². The second-order valence-electron chi connectivity index (χ2n) is 5.30. The van der Waals surface area contributed by atoms with Crippen LogP contribution in [0.4, 0.5) is 0 Å². The Bertz CT molecular complexity index is 497. The van der Waals surface area contributed by atoms with Crippen molar-refractivity contribution in [3.63, 3.8) is 0 Å². The molecular formula is C18H22NO-. The van der Waals surface area contributed by atoms with Gasteiger partial charge in [0.15, 0.2) is 0 Å². The Balaban J connectivity index is 2.19. The summed E-state index contributed by atoms with van der Waals surface area (Å²) < 4.78 is 0. The quantitative estimate of drug-likeness (QED) is 0.705. The Labute approximate surface area is 121 Å². The van der Waals surface area contributed by atoms with Crippen molar-refractivity contribution in [3.8, 4) is 0 Å². The highest BCUT2D eigenvalue weighted by Crippen LogP contribution is 2.31. The second-order valence-corrected chi connectivity index (χ2v) is 5.30. The number of hydrogen-bond donors (Lipinski definition) is 0. The van der Waals surface area contributed by atoms with Crippen LogP contribution in [0.15, 0.2) is 60.7 Å². The zero-order valence-corrected chi connectivity index (χ0v) is 12.2. The van der Waals surface area contributed by atoms with Crippen LogP contribution in [0, 0.1) is 11.1 Å². The van der Waals surface area contributed by atoms with E-state index in [0.29, 0.717) is 12.5 Å². The maximum atomic E-state index is 12.6. The Kier molecular flexibility index (Phi) is 5.33. The van der Waals surface area contributed by atoms with E-state index in [1.165, 1.54) is 5.06 Å². The van der Waals surface area contributed by atoms with Gasteiger partial charge in [-0.25, -0.2) is 0 Å². The van der Waals surface area contributed by atoms with Crippen LogP contribution >= 0.6 is 0 Å². The average Bonchev–Trinajstić information content (AvgIpc) is 2.49. The molecule has 2 aromatic carbocycles. The van der Waals surface area contributed by atoms with E-state index in [-0.39, 0.29) is 6.04 Å². The van der Waals surface area contributed by atoms with Crippen molar-refractivity contribution < 1.29 is 0 Å². The van der Waals surface area contributed by atoms with Crippen LogP contribution in [0.3, 0.4) is 0 Å². The molecule has 0 aliphatic rings. The van der Waals surface area contributed by atoms with Gasteiger partial charge in [-0.05, 0) is 17.0 Å². The first kappa shape index (κ1) is 14.8. The summed E-state index contributed by atoms with van der Waals surface area (Å²) in [6.07, 6.45) is 0.993. The summed E-state index contributed by atoms with van der Waals surface area (Å²) >= 11 is 0. The summed E-state index contributed by atoms with van der Waals surface area (Å²) in [5, 5.41) is 13.9. The molecule has 20 heavy (non-hydrogen) atoms. The van der Waals surface area contributed by atoms with Crippen LogP contribution in [0.5, 0.6) is 0 Å². The first-order valence-corrected chi connectivity index (χ1v) is 7.25. The van der Waals surface area contributed by atoms with Gasteiger partial charge in [-0.3, -0.25) is 0 Å². The van der Waals surface area contributed by atoms with Gasteiger partial charge in [0.05, 0.1) is 0 Å². The Morgan fingerprint density at radius 2 is 1.50 bits per heavy atom. The standard InChI is InChI=1S/C18H22NO/c1-3-15(2)18(17-12-8-5-9-13-17)19(20)14-16-10-6-4-7-11-16/h4-13,15,18H,3,14H2,1-2H3/q-1. The van der Waals surface area contributed by atoms with Crippen LogP contribution in [-0.2, 0) is 6.54 Å². The predicted molar refractivity (Wildman–Crippen MR) is 84.0 cm³/mol. The van der Waals surface area contributed by atoms with Gasteiger partial charge in [0.1, 0.15) is 0 Å². The lowest BCUT2D eigenvalue weighted by Gasteiger charge is -2.41. The van der Waals surface area contributed by atoms with E-state index in [4.69, 9.17) is 0 Å². The van der Waals surface area contributed by atoms with Crippen molar-refractivity contribution in [1.29, 1.82) is 0 Å². The zero-order valence-electron chi connectivity index (χ0n) is 12.2. The molecule has 0 bridgehead atoms. The van der Waals surface area contributed by atoms with Crippen molar-refractivity contribution in [2.75, 3.05) is 0 Å². The smallest absolute Gasteiger partial charge is 0.0259 e. The Morgan fingerprint density at radius 3 is 2.05 bits per heavy atom. The Hall–Kier alpha value is -1.64. The topological polar surface area (TPSA) is 26.3 Å². The van der Waals surface area contributed by atoms with Gasteiger partial charge in [0.2, 0.25) is 0 Å². The highest BCUT2D eigenvalue weighted by Gasteiger charge is 2.19. The highest BCUT2D eigenvalue weighted by molar-refractivity contribution is 5.21. The van der Waals surface area contributed by atoms with Crippen LogP contribution in [-0.4, -0.2) is 5.06 Å². The van der Waals surface area contributed by atoms with Crippen molar-refractivity contribution >= 4 is 0 Å². The SMILES string of the molecule is CCC(C)C(c1ccccc1)N([O-])Cc1ccccc1. The number of hydrogen-bond acceptors (Lipinski definition) is 2. The molecule has 0 heterocycles. The summed E-state index contributed by atoms with van der Waals surface area (Å²) in [6.45, 7) is 4.72. The minimum absolute atomic E-state index is 0.0820. The summed E-state index contributed by atoms with van der Waals surface area (Å²) in [4.78, 5) is 0.